The molecule has 1 aromatic rings. The van der Waals surface area contributed by atoms with Crippen molar-refractivity contribution >= 4 is 5.97 Å². The summed E-state index contributed by atoms with van der Waals surface area (Å²) in [5.41, 5.74) is 1.08. The smallest absolute Gasteiger partial charge is 0.339 e. The predicted molar refractivity (Wildman–Crippen MR) is 79.9 cm³/mol. The SMILES string of the molecule is COc1ccc(CN2CCCC(C)(OC)C2)cc1C(=O)O. The minimum atomic E-state index is -0.964. The van der Waals surface area contributed by atoms with Crippen LogP contribution in [-0.2, 0) is 11.3 Å². The maximum atomic E-state index is 11.3. The quantitative estimate of drug-likeness (QED) is 0.903. The summed E-state index contributed by atoms with van der Waals surface area (Å²) < 4.78 is 10.7. The van der Waals surface area contributed by atoms with Crippen LogP contribution in [0.5, 0.6) is 5.75 Å². The average Bonchev–Trinajstić information content (AvgIpc) is 2.47. The Balaban J connectivity index is 2.12. The summed E-state index contributed by atoms with van der Waals surface area (Å²) in [6.07, 6.45) is 2.15. The molecule has 0 amide bonds. The molecule has 5 heteroatoms. The number of carboxylic acid groups (broad SMARTS) is 1. The van der Waals surface area contributed by atoms with E-state index >= 15 is 0 Å². The monoisotopic (exact) mass is 293 g/mol. The van der Waals surface area contributed by atoms with Crippen LogP contribution in [0.1, 0.15) is 35.7 Å². The van der Waals surface area contributed by atoms with E-state index in [4.69, 9.17) is 9.47 Å². The van der Waals surface area contributed by atoms with E-state index in [1.165, 1.54) is 7.11 Å². The van der Waals surface area contributed by atoms with E-state index in [9.17, 15) is 9.90 Å². The van der Waals surface area contributed by atoms with Crippen molar-refractivity contribution in [2.45, 2.75) is 31.9 Å². The summed E-state index contributed by atoms with van der Waals surface area (Å²) in [5.74, 6) is -0.569. The van der Waals surface area contributed by atoms with E-state index in [0.717, 1.165) is 38.0 Å². The summed E-state index contributed by atoms with van der Waals surface area (Å²) in [5, 5.41) is 9.23. The Morgan fingerprint density at radius 2 is 2.19 bits per heavy atom. The predicted octanol–water partition coefficient (Wildman–Crippen LogP) is 2.39. The molecule has 0 spiro atoms. The molecule has 1 fully saturated rings. The van der Waals surface area contributed by atoms with Crippen molar-refractivity contribution in [2.75, 3.05) is 27.3 Å². The molecule has 21 heavy (non-hydrogen) atoms. The van der Waals surface area contributed by atoms with E-state index in [1.807, 2.05) is 6.07 Å². The second-order valence-electron chi connectivity index (χ2n) is 5.81. The van der Waals surface area contributed by atoms with Gasteiger partial charge in [-0.15, -0.1) is 0 Å². The Morgan fingerprint density at radius 1 is 1.43 bits per heavy atom. The third-order valence-electron chi connectivity index (χ3n) is 4.13. The highest BCUT2D eigenvalue weighted by Crippen LogP contribution is 2.26. The average molecular weight is 293 g/mol. The molecule has 1 atom stereocenters. The highest BCUT2D eigenvalue weighted by Gasteiger charge is 2.30. The zero-order valence-corrected chi connectivity index (χ0v) is 12.9. The molecule has 2 rings (SSSR count). The number of aromatic carboxylic acids is 1. The number of methoxy groups -OCH3 is 2. The fraction of sp³-hybridized carbons (Fsp3) is 0.562. The molecule has 1 aromatic carbocycles. The fourth-order valence-corrected chi connectivity index (χ4v) is 2.89. The summed E-state index contributed by atoms with van der Waals surface area (Å²) in [7, 11) is 3.23. The van der Waals surface area contributed by atoms with E-state index in [1.54, 1.807) is 19.2 Å². The van der Waals surface area contributed by atoms with Crippen LogP contribution in [0.25, 0.3) is 0 Å². The van der Waals surface area contributed by atoms with Gasteiger partial charge in [0.15, 0.2) is 0 Å². The molecule has 1 heterocycles. The van der Waals surface area contributed by atoms with Crippen LogP contribution < -0.4 is 4.74 Å². The summed E-state index contributed by atoms with van der Waals surface area (Å²) in [4.78, 5) is 13.6. The minimum Gasteiger partial charge on any atom is -0.496 e. The van der Waals surface area contributed by atoms with Crippen LogP contribution >= 0.6 is 0 Å². The van der Waals surface area contributed by atoms with Gasteiger partial charge in [0, 0.05) is 20.2 Å². The van der Waals surface area contributed by atoms with Gasteiger partial charge < -0.3 is 14.6 Å². The van der Waals surface area contributed by atoms with Gasteiger partial charge in [-0.3, -0.25) is 4.90 Å². The van der Waals surface area contributed by atoms with Crippen molar-refractivity contribution in [1.82, 2.24) is 4.90 Å². The Labute approximate surface area is 125 Å². The molecule has 0 radical (unpaired) electrons. The van der Waals surface area contributed by atoms with Gasteiger partial charge in [0.25, 0.3) is 0 Å². The van der Waals surface area contributed by atoms with Crippen molar-refractivity contribution < 1.29 is 19.4 Å². The van der Waals surface area contributed by atoms with E-state index < -0.39 is 5.97 Å². The lowest BCUT2D eigenvalue weighted by Gasteiger charge is -2.39. The van der Waals surface area contributed by atoms with Gasteiger partial charge in [0.05, 0.1) is 12.7 Å². The molecule has 1 aliphatic rings. The molecule has 1 N–H and O–H groups in total. The largest absolute Gasteiger partial charge is 0.496 e. The van der Waals surface area contributed by atoms with E-state index in [2.05, 4.69) is 11.8 Å². The molecule has 1 saturated heterocycles. The van der Waals surface area contributed by atoms with Crippen molar-refractivity contribution in [3.05, 3.63) is 29.3 Å². The number of nitrogens with zero attached hydrogens (tertiary/aromatic N) is 1. The lowest BCUT2D eigenvalue weighted by Crippen LogP contribution is -2.46. The topological polar surface area (TPSA) is 59.0 Å². The van der Waals surface area contributed by atoms with Gasteiger partial charge in [-0.1, -0.05) is 6.07 Å². The Bertz CT molecular complexity index is 517. The maximum Gasteiger partial charge on any atom is 0.339 e. The van der Waals surface area contributed by atoms with Gasteiger partial charge in [0.1, 0.15) is 11.3 Å². The summed E-state index contributed by atoms with van der Waals surface area (Å²) in [6.45, 7) is 4.71. The first kappa shape index (κ1) is 15.8. The number of piperidine rings is 1. The van der Waals surface area contributed by atoms with Crippen LogP contribution in [0.4, 0.5) is 0 Å². The number of rotatable bonds is 5. The third-order valence-corrected chi connectivity index (χ3v) is 4.13. The van der Waals surface area contributed by atoms with Crippen molar-refractivity contribution in [3.8, 4) is 5.75 Å². The molecular formula is C16H23NO4. The second-order valence-corrected chi connectivity index (χ2v) is 5.81. The Morgan fingerprint density at radius 3 is 2.81 bits per heavy atom. The standard InChI is InChI=1S/C16H23NO4/c1-16(21-3)7-4-8-17(11-16)10-12-5-6-14(20-2)13(9-12)15(18)19/h5-6,9H,4,7-8,10-11H2,1-3H3,(H,18,19). The van der Waals surface area contributed by atoms with Crippen molar-refractivity contribution in [1.29, 1.82) is 0 Å². The molecule has 1 unspecified atom stereocenters. The first-order chi connectivity index (χ1) is 9.97. The Hall–Kier alpha value is -1.59. The normalized spacial score (nSPS) is 23.0. The molecule has 0 aliphatic carbocycles. The lowest BCUT2D eigenvalue weighted by molar-refractivity contribution is -0.0527. The Kier molecular flexibility index (Phi) is 4.85. The number of carboxylic acids is 1. The molecule has 1 aliphatic heterocycles. The van der Waals surface area contributed by atoms with Gasteiger partial charge in [-0.2, -0.15) is 0 Å². The van der Waals surface area contributed by atoms with Crippen LogP contribution in [0, 0.1) is 0 Å². The van der Waals surface area contributed by atoms with Crippen molar-refractivity contribution in [3.63, 3.8) is 0 Å². The van der Waals surface area contributed by atoms with E-state index in [0.29, 0.717) is 5.75 Å². The maximum absolute atomic E-state index is 11.3. The number of hydrogen-bond acceptors (Lipinski definition) is 4. The summed E-state index contributed by atoms with van der Waals surface area (Å²) >= 11 is 0. The number of ether oxygens (including phenoxy) is 2. The number of hydrogen-bond donors (Lipinski definition) is 1. The fourth-order valence-electron chi connectivity index (χ4n) is 2.89. The first-order valence-electron chi connectivity index (χ1n) is 7.15. The second kappa shape index (κ2) is 6.45. The molecule has 0 bridgehead atoms. The zero-order valence-electron chi connectivity index (χ0n) is 12.9. The van der Waals surface area contributed by atoms with Crippen LogP contribution in [0.2, 0.25) is 0 Å². The molecule has 0 saturated carbocycles. The van der Waals surface area contributed by atoms with Gasteiger partial charge >= 0.3 is 5.97 Å². The van der Waals surface area contributed by atoms with Gasteiger partial charge in [-0.25, -0.2) is 4.79 Å². The molecule has 0 aromatic heterocycles. The van der Waals surface area contributed by atoms with E-state index in [-0.39, 0.29) is 11.2 Å². The highest BCUT2D eigenvalue weighted by atomic mass is 16.5. The lowest BCUT2D eigenvalue weighted by atomic mass is 9.94. The molecule has 5 nitrogen and oxygen atoms in total. The highest BCUT2D eigenvalue weighted by molar-refractivity contribution is 5.91. The van der Waals surface area contributed by atoms with Crippen LogP contribution in [-0.4, -0.2) is 48.9 Å². The third kappa shape index (κ3) is 3.74. The molecular weight excluding hydrogens is 270 g/mol. The molecule has 116 valence electrons. The zero-order chi connectivity index (χ0) is 15.5. The first-order valence-corrected chi connectivity index (χ1v) is 7.15. The van der Waals surface area contributed by atoms with Gasteiger partial charge in [0.2, 0.25) is 0 Å². The van der Waals surface area contributed by atoms with Crippen molar-refractivity contribution in [2.24, 2.45) is 0 Å². The summed E-state index contributed by atoms with van der Waals surface area (Å²) in [6, 6.07) is 5.34. The number of benzene rings is 1. The van der Waals surface area contributed by atoms with Crippen LogP contribution in [0.15, 0.2) is 18.2 Å². The van der Waals surface area contributed by atoms with Gasteiger partial charge in [-0.05, 0) is 44.0 Å². The minimum absolute atomic E-state index is 0.111. The number of carbonyl (C=O) groups is 1. The number of likely N-dealkylation sites (tertiary alicyclic amines) is 1. The van der Waals surface area contributed by atoms with Crippen LogP contribution in [0.3, 0.4) is 0 Å².